The predicted octanol–water partition coefficient (Wildman–Crippen LogP) is 0.407. The van der Waals surface area contributed by atoms with Crippen molar-refractivity contribution in [2.24, 2.45) is 7.05 Å². The molecule has 5 nitrogen and oxygen atoms in total. The third-order valence-corrected chi connectivity index (χ3v) is 5.46. The van der Waals surface area contributed by atoms with E-state index in [0.717, 1.165) is 18.4 Å². The van der Waals surface area contributed by atoms with Crippen molar-refractivity contribution >= 4 is 10.0 Å². The van der Waals surface area contributed by atoms with Crippen LogP contribution in [0.2, 0.25) is 0 Å². The summed E-state index contributed by atoms with van der Waals surface area (Å²) >= 11 is 0. The zero-order valence-electron chi connectivity index (χ0n) is 9.93. The Morgan fingerprint density at radius 1 is 1.53 bits per heavy atom. The van der Waals surface area contributed by atoms with Gasteiger partial charge in [-0.05, 0) is 25.3 Å². The van der Waals surface area contributed by atoms with E-state index in [1.807, 2.05) is 20.2 Å². The molecule has 2 atom stereocenters. The number of aryl methyl sites for hydroxylation is 2. The molecule has 2 unspecified atom stereocenters. The summed E-state index contributed by atoms with van der Waals surface area (Å²) in [5.41, 5.74) is 0.500. The zero-order chi connectivity index (χ0) is 12.3. The van der Waals surface area contributed by atoms with Crippen LogP contribution in [0, 0.1) is 0 Å². The summed E-state index contributed by atoms with van der Waals surface area (Å²) in [5.74, 6) is 0. The van der Waals surface area contributed by atoms with Gasteiger partial charge in [0.05, 0.1) is 18.2 Å². The van der Waals surface area contributed by atoms with Crippen LogP contribution in [-0.2, 0) is 28.2 Å². The van der Waals surface area contributed by atoms with Crippen LogP contribution in [-0.4, -0.2) is 31.2 Å². The topological polar surface area (TPSA) is 60.3 Å². The van der Waals surface area contributed by atoms with E-state index in [4.69, 9.17) is 4.74 Å². The molecule has 1 N–H and O–H groups in total. The van der Waals surface area contributed by atoms with E-state index in [2.05, 4.69) is 4.72 Å². The molecule has 17 heavy (non-hydrogen) atoms. The molecule has 0 radical (unpaired) electrons. The van der Waals surface area contributed by atoms with E-state index in [9.17, 15) is 8.42 Å². The van der Waals surface area contributed by atoms with Gasteiger partial charge in [0.25, 0.3) is 0 Å². The third kappa shape index (κ3) is 1.55. The molecule has 6 heteroatoms. The SMILES string of the molecule is CC1OCC12CCc1cn(C)cc1S(=O)(=O)N2. The molecule has 94 valence electrons. The molecule has 1 aromatic heterocycles. The van der Waals surface area contributed by atoms with Crippen molar-refractivity contribution in [1.29, 1.82) is 0 Å². The summed E-state index contributed by atoms with van der Waals surface area (Å²) in [5, 5.41) is 0. The summed E-state index contributed by atoms with van der Waals surface area (Å²) in [6.07, 6.45) is 5.08. The summed E-state index contributed by atoms with van der Waals surface area (Å²) in [4.78, 5) is 0.413. The number of rotatable bonds is 0. The van der Waals surface area contributed by atoms with Crippen LogP contribution < -0.4 is 4.72 Å². The number of hydrogen-bond donors (Lipinski definition) is 1. The first-order chi connectivity index (χ1) is 7.93. The average Bonchev–Trinajstić information content (AvgIpc) is 2.59. The molecule has 2 aliphatic heterocycles. The Kier molecular flexibility index (Phi) is 2.21. The van der Waals surface area contributed by atoms with E-state index < -0.39 is 15.6 Å². The number of hydrogen-bond acceptors (Lipinski definition) is 3. The largest absolute Gasteiger partial charge is 0.374 e. The normalized spacial score (nSPS) is 35.1. The second-order valence-electron chi connectivity index (χ2n) is 5.03. The molecule has 2 aliphatic rings. The first kappa shape index (κ1) is 11.3. The zero-order valence-corrected chi connectivity index (χ0v) is 10.8. The fourth-order valence-electron chi connectivity index (χ4n) is 2.61. The molecule has 1 saturated heterocycles. The lowest BCUT2D eigenvalue weighted by Crippen LogP contribution is -2.66. The van der Waals surface area contributed by atoms with Crippen molar-refractivity contribution in [3.63, 3.8) is 0 Å². The Morgan fingerprint density at radius 2 is 2.29 bits per heavy atom. The molecule has 0 aliphatic carbocycles. The van der Waals surface area contributed by atoms with Crippen molar-refractivity contribution < 1.29 is 13.2 Å². The minimum absolute atomic E-state index is 0.0463. The molecular formula is C11H16N2O3S. The first-order valence-electron chi connectivity index (χ1n) is 5.73. The Morgan fingerprint density at radius 3 is 2.88 bits per heavy atom. The Hall–Kier alpha value is -0.850. The summed E-state index contributed by atoms with van der Waals surface area (Å²) in [6, 6.07) is 0. The standard InChI is InChI=1S/C11H16N2O3S/c1-8-11(7-16-8)4-3-9-5-13(2)6-10(9)17(14,15)12-11/h5-6,8,12H,3-4,7H2,1-2H3. The van der Waals surface area contributed by atoms with Crippen molar-refractivity contribution in [1.82, 2.24) is 9.29 Å². The maximum atomic E-state index is 12.3. The number of fused-ring (bicyclic) bond motifs is 1. The molecule has 0 aromatic carbocycles. The maximum Gasteiger partial charge on any atom is 0.243 e. The van der Waals surface area contributed by atoms with Crippen molar-refractivity contribution in [3.05, 3.63) is 18.0 Å². The van der Waals surface area contributed by atoms with Gasteiger partial charge in [0.2, 0.25) is 10.0 Å². The lowest BCUT2D eigenvalue weighted by atomic mass is 9.84. The van der Waals surface area contributed by atoms with Gasteiger partial charge in [-0.3, -0.25) is 0 Å². The van der Waals surface area contributed by atoms with Gasteiger partial charge in [0.15, 0.2) is 0 Å². The second-order valence-corrected chi connectivity index (χ2v) is 6.68. The van der Waals surface area contributed by atoms with Gasteiger partial charge in [0, 0.05) is 19.4 Å². The molecule has 0 bridgehead atoms. The highest BCUT2D eigenvalue weighted by molar-refractivity contribution is 7.89. The quantitative estimate of drug-likeness (QED) is 0.731. The number of aromatic nitrogens is 1. The molecule has 0 saturated carbocycles. The Balaban J connectivity index is 2.06. The molecule has 1 fully saturated rings. The van der Waals surface area contributed by atoms with Crippen LogP contribution in [0.4, 0.5) is 0 Å². The van der Waals surface area contributed by atoms with Crippen LogP contribution in [0.5, 0.6) is 0 Å². The molecule has 3 heterocycles. The highest BCUT2D eigenvalue weighted by Gasteiger charge is 2.50. The molecule has 1 aromatic rings. The average molecular weight is 256 g/mol. The monoisotopic (exact) mass is 256 g/mol. The fraction of sp³-hybridized carbons (Fsp3) is 0.636. The van der Waals surface area contributed by atoms with Crippen LogP contribution in [0.1, 0.15) is 18.9 Å². The number of ether oxygens (including phenoxy) is 1. The lowest BCUT2D eigenvalue weighted by Gasteiger charge is -2.47. The highest BCUT2D eigenvalue weighted by Crippen LogP contribution is 2.36. The molecule has 0 amide bonds. The minimum Gasteiger partial charge on any atom is -0.374 e. The van der Waals surface area contributed by atoms with Crippen molar-refractivity contribution in [3.8, 4) is 0 Å². The number of nitrogens with one attached hydrogen (secondary N) is 1. The Bertz CT molecular complexity index is 563. The second kappa shape index (κ2) is 3.34. The molecule has 1 spiro atoms. The van der Waals surface area contributed by atoms with Crippen LogP contribution in [0.3, 0.4) is 0 Å². The van der Waals surface area contributed by atoms with Gasteiger partial charge in [0.1, 0.15) is 4.90 Å². The minimum atomic E-state index is -3.41. The van der Waals surface area contributed by atoms with E-state index in [0.29, 0.717) is 11.5 Å². The lowest BCUT2D eigenvalue weighted by molar-refractivity contribution is -0.132. The number of sulfonamides is 1. The summed E-state index contributed by atoms with van der Waals surface area (Å²) in [7, 11) is -1.57. The third-order valence-electron chi connectivity index (χ3n) is 3.83. The van der Waals surface area contributed by atoms with Gasteiger partial charge >= 0.3 is 0 Å². The van der Waals surface area contributed by atoms with E-state index in [1.165, 1.54) is 0 Å². The number of nitrogens with zero attached hydrogens (tertiary/aromatic N) is 1. The van der Waals surface area contributed by atoms with Crippen LogP contribution >= 0.6 is 0 Å². The van der Waals surface area contributed by atoms with Crippen molar-refractivity contribution in [2.45, 2.75) is 36.3 Å². The fourth-order valence-corrected chi connectivity index (χ4v) is 4.39. The van der Waals surface area contributed by atoms with E-state index in [1.54, 1.807) is 10.8 Å². The van der Waals surface area contributed by atoms with Gasteiger partial charge in [-0.2, -0.15) is 4.72 Å². The molecule has 3 rings (SSSR count). The highest BCUT2D eigenvalue weighted by atomic mass is 32.2. The summed E-state index contributed by atoms with van der Waals surface area (Å²) in [6.45, 7) is 2.39. The predicted molar refractivity (Wildman–Crippen MR) is 62.2 cm³/mol. The van der Waals surface area contributed by atoms with Crippen LogP contribution in [0.15, 0.2) is 17.3 Å². The van der Waals surface area contributed by atoms with Gasteiger partial charge in [-0.25, -0.2) is 8.42 Å². The van der Waals surface area contributed by atoms with Gasteiger partial charge in [-0.1, -0.05) is 0 Å². The maximum absolute atomic E-state index is 12.3. The van der Waals surface area contributed by atoms with E-state index >= 15 is 0 Å². The van der Waals surface area contributed by atoms with Crippen molar-refractivity contribution in [2.75, 3.05) is 6.61 Å². The van der Waals surface area contributed by atoms with Crippen LogP contribution in [0.25, 0.3) is 0 Å². The Labute approximate surface area is 101 Å². The first-order valence-corrected chi connectivity index (χ1v) is 7.22. The molecular weight excluding hydrogens is 240 g/mol. The van der Waals surface area contributed by atoms with Gasteiger partial charge < -0.3 is 9.30 Å². The summed E-state index contributed by atoms with van der Waals surface area (Å²) < 4.78 is 34.5. The van der Waals surface area contributed by atoms with E-state index in [-0.39, 0.29) is 6.10 Å². The van der Waals surface area contributed by atoms with Gasteiger partial charge in [-0.15, -0.1) is 0 Å². The smallest absolute Gasteiger partial charge is 0.243 e.